The lowest BCUT2D eigenvalue weighted by Gasteiger charge is -2.11. The molecule has 2 atom stereocenters. The monoisotopic (exact) mass is 132 g/mol. The summed E-state index contributed by atoms with van der Waals surface area (Å²) in [6.07, 6.45) is 2.59. The van der Waals surface area contributed by atoms with Crippen LogP contribution in [-0.4, -0.2) is 5.25 Å². The molecule has 0 N–H and O–H groups in total. The second-order valence-corrected chi connectivity index (χ2v) is 3.32. The standard InChI is InChI=1S/C7H16S/c1-4-5-6(2)7(3)8/h6-8H,4-5H2,1-3H3. The zero-order chi connectivity index (χ0) is 6.57. The van der Waals surface area contributed by atoms with Gasteiger partial charge in [0.15, 0.2) is 0 Å². The Hall–Kier alpha value is 0.350. The average molecular weight is 132 g/mol. The molecule has 0 radical (unpaired) electrons. The molecular formula is C7H16S. The molecular weight excluding hydrogens is 116 g/mol. The second-order valence-electron chi connectivity index (χ2n) is 2.51. The Morgan fingerprint density at radius 2 is 1.88 bits per heavy atom. The third-order valence-corrected chi connectivity index (χ3v) is 2.08. The quantitative estimate of drug-likeness (QED) is 0.561. The van der Waals surface area contributed by atoms with Crippen LogP contribution in [0.2, 0.25) is 0 Å². The van der Waals surface area contributed by atoms with Gasteiger partial charge in [-0.3, -0.25) is 0 Å². The molecule has 0 aliphatic heterocycles. The summed E-state index contributed by atoms with van der Waals surface area (Å²) in [6.45, 7) is 6.62. The van der Waals surface area contributed by atoms with E-state index in [9.17, 15) is 0 Å². The minimum Gasteiger partial charge on any atom is -0.176 e. The fraction of sp³-hybridized carbons (Fsp3) is 1.00. The van der Waals surface area contributed by atoms with Crippen molar-refractivity contribution in [2.45, 2.75) is 38.9 Å². The van der Waals surface area contributed by atoms with Crippen LogP contribution in [-0.2, 0) is 0 Å². The van der Waals surface area contributed by atoms with Gasteiger partial charge in [-0.2, -0.15) is 12.6 Å². The van der Waals surface area contributed by atoms with E-state index in [1.807, 2.05) is 0 Å². The summed E-state index contributed by atoms with van der Waals surface area (Å²) in [5.41, 5.74) is 0. The molecule has 0 aliphatic rings. The van der Waals surface area contributed by atoms with Gasteiger partial charge in [-0.05, 0) is 12.3 Å². The van der Waals surface area contributed by atoms with Crippen molar-refractivity contribution >= 4 is 12.6 Å². The van der Waals surface area contributed by atoms with Crippen molar-refractivity contribution in [2.24, 2.45) is 5.92 Å². The summed E-state index contributed by atoms with van der Waals surface area (Å²) in [5.74, 6) is 0.781. The van der Waals surface area contributed by atoms with Gasteiger partial charge >= 0.3 is 0 Å². The van der Waals surface area contributed by atoms with Crippen molar-refractivity contribution < 1.29 is 0 Å². The van der Waals surface area contributed by atoms with E-state index in [2.05, 4.69) is 33.4 Å². The third-order valence-electron chi connectivity index (χ3n) is 1.57. The fourth-order valence-electron chi connectivity index (χ4n) is 0.697. The molecule has 8 heavy (non-hydrogen) atoms. The SMILES string of the molecule is CCCC(C)C(C)S. The first kappa shape index (κ1) is 8.35. The van der Waals surface area contributed by atoms with Crippen LogP contribution in [0.15, 0.2) is 0 Å². The maximum Gasteiger partial charge on any atom is 0.00141 e. The Bertz CT molecular complexity index is 50.3. The maximum atomic E-state index is 4.33. The molecule has 0 saturated heterocycles. The highest BCUT2D eigenvalue weighted by molar-refractivity contribution is 7.80. The van der Waals surface area contributed by atoms with Gasteiger partial charge in [0.1, 0.15) is 0 Å². The van der Waals surface area contributed by atoms with Crippen LogP contribution >= 0.6 is 12.6 Å². The van der Waals surface area contributed by atoms with E-state index in [4.69, 9.17) is 0 Å². The zero-order valence-corrected chi connectivity index (χ0v) is 6.91. The summed E-state index contributed by atoms with van der Waals surface area (Å²) >= 11 is 4.33. The molecule has 0 aromatic heterocycles. The summed E-state index contributed by atoms with van der Waals surface area (Å²) in [4.78, 5) is 0. The van der Waals surface area contributed by atoms with Crippen LogP contribution in [0.3, 0.4) is 0 Å². The van der Waals surface area contributed by atoms with Crippen molar-refractivity contribution in [2.75, 3.05) is 0 Å². The molecule has 0 amide bonds. The molecule has 0 bridgehead atoms. The van der Waals surface area contributed by atoms with Gasteiger partial charge in [0.25, 0.3) is 0 Å². The highest BCUT2D eigenvalue weighted by Gasteiger charge is 2.04. The van der Waals surface area contributed by atoms with Crippen molar-refractivity contribution in [3.05, 3.63) is 0 Å². The molecule has 2 unspecified atom stereocenters. The molecule has 0 nitrogen and oxygen atoms in total. The first-order valence-corrected chi connectivity index (χ1v) is 3.88. The predicted molar refractivity (Wildman–Crippen MR) is 42.5 cm³/mol. The molecule has 0 aromatic carbocycles. The molecule has 1 heteroatoms. The van der Waals surface area contributed by atoms with E-state index >= 15 is 0 Å². The summed E-state index contributed by atoms with van der Waals surface area (Å²) in [5, 5.41) is 0.565. The fourth-order valence-corrected chi connectivity index (χ4v) is 0.846. The van der Waals surface area contributed by atoms with Crippen LogP contribution in [0.25, 0.3) is 0 Å². The predicted octanol–water partition coefficient (Wildman–Crippen LogP) is 2.74. The number of hydrogen-bond acceptors (Lipinski definition) is 1. The average Bonchev–Trinajstić information content (AvgIpc) is 1.67. The normalized spacial score (nSPS) is 18.0. The number of rotatable bonds is 3. The topological polar surface area (TPSA) is 0 Å². The Balaban J connectivity index is 3.17. The van der Waals surface area contributed by atoms with Gasteiger partial charge in [0.2, 0.25) is 0 Å². The van der Waals surface area contributed by atoms with Crippen LogP contribution in [0.5, 0.6) is 0 Å². The summed E-state index contributed by atoms with van der Waals surface area (Å²) in [6, 6.07) is 0. The van der Waals surface area contributed by atoms with Crippen molar-refractivity contribution in [3.8, 4) is 0 Å². The van der Waals surface area contributed by atoms with Crippen LogP contribution in [0, 0.1) is 5.92 Å². The maximum absolute atomic E-state index is 4.33. The first-order chi connectivity index (χ1) is 3.68. The van der Waals surface area contributed by atoms with Crippen molar-refractivity contribution in [1.29, 1.82) is 0 Å². The van der Waals surface area contributed by atoms with E-state index < -0.39 is 0 Å². The van der Waals surface area contributed by atoms with Gasteiger partial charge in [0.05, 0.1) is 0 Å². The van der Waals surface area contributed by atoms with E-state index in [0.717, 1.165) is 5.92 Å². The minimum atomic E-state index is 0.565. The molecule has 0 aromatic rings. The lowest BCUT2D eigenvalue weighted by Crippen LogP contribution is -2.05. The highest BCUT2D eigenvalue weighted by Crippen LogP contribution is 2.13. The van der Waals surface area contributed by atoms with E-state index in [-0.39, 0.29) is 0 Å². The van der Waals surface area contributed by atoms with Crippen molar-refractivity contribution in [3.63, 3.8) is 0 Å². The second kappa shape index (κ2) is 4.25. The first-order valence-electron chi connectivity index (χ1n) is 3.36. The van der Waals surface area contributed by atoms with Gasteiger partial charge < -0.3 is 0 Å². The molecule has 0 aliphatic carbocycles. The Kier molecular flexibility index (Phi) is 4.44. The Morgan fingerprint density at radius 1 is 1.38 bits per heavy atom. The molecule has 0 fully saturated rings. The van der Waals surface area contributed by atoms with Crippen LogP contribution < -0.4 is 0 Å². The Labute approximate surface area is 58.1 Å². The number of thiol groups is 1. The zero-order valence-electron chi connectivity index (χ0n) is 6.02. The van der Waals surface area contributed by atoms with Gasteiger partial charge in [0, 0.05) is 5.25 Å². The smallest absolute Gasteiger partial charge is 0.00141 e. The van der Waals surface area contributed by atoms with Crippen LogP contribution in [0.4, 0.5) is 0 Å². The molecule has 0 saturated carbocycles. The highest BCUT2D eigenvalue weighted by atomic mass is 32.1. The molecule has 0 heterocycles. The van der Waals surface area contributed by atoms with Crippen molar-refractivity contribution in [1.82, 2.24) is 0 Å². The van der Waals surface area contributed by atoms with Crippen LogP contribution in [0.1, 0.15) is 33.6 Å². The third kappa shape index (κ3) is 3.36. The lowest BCUT2D eigenvalue weighted by molar-refractivity contribution is 0.523. The Morgan fingerprint density at radius 3 is 2.00 bits per heavy atom. The number of hydrogen-bond donors (Lipinski definition) is 1. The van der Waals surface area contributed by atoms with E-state index in [1.54, 1.807) is 0 Å². The van der Waals surface area contributed by atoms with Gasteiger partial charge in [-0.25, -0.2) is 0 Å². The largest absolute Gasteiger partial charge is 0.176 e. The summed E-state index contributed by atoms with van der Waals surface area (Å²) in [7, 11) is 0. The minimum absolute atomic E-state index is 0.565. The van der Waals surface area contributed by atoms with Gasteiger partial charge in [-0.15, -0.1) is 0 Å². The lowest BCUT2D eigenvalue weighted by atomic mass is 10.0. The van der Waals surface area contributed by atoms with Gasteiger partial charge in [-0.1, -0.05) is 27.2 Å². The summed E-state index contributed by atoms with van der Waals surface area (Å²) < 4.78 is 0. The molecule has 50 valence electrons. The van der Waals surface area contributed by atoms with E-state index in [0.29, 0.717) is 5.25 Å². The molecule has 0 rings (SSSR count). The van der Waals surface area contributed by atoms with E-state index in [1.165, 1.54) is 12.8 Å². The molecule has 0 spiro atoms.